The van der Waals surface area contributed by atoms with Crippen molar-refractivity contribution in [2.24, 2.45) is 0 Å². The maximum Gasteiger partial charge on any atom is 0.260 e. The molecule has 0 aliphatic rings. The van der Waals surface area contributed by atoms with Crippen molar-refractivity contribution in [3.63, 3.8) is 0 Å². The molecular formula is C25H34N4O5. The summed E-state index contributed by atoms with van der Waals surface area (Å²) in [6.07, 6.45) is 0. The Hall–Kier alpha value is -3.46. The van der Waals surface area contributed by atoms with Crippen molar-refractivity contribution in [2.45, 2.75) is 20.4 Å². The third-order valence-corrected chi connectivity index (χ3v) is 5.85. The first-order valence-corrected chi connectivity index (χ1v) is 11.2. The zero-order valence-electron chi connectivity index (χ0n) is 21.0. The van der Waals surface area contributed by atoms with Crippen molar-refractivity contribution < 1.29 is 18.9 Å². The van der Waals surface area contributed by atoms with Gasteiger partial charge in [0.1, 0.15) is 6.61 Å². The highest BCUT2D eigenvalue weighted by atomic mass is 16.5. The van der Waals surface area contributed by atoms with E-state index in [2.05, 4.69) is 28.8 Å². The molecule has 34 heavy (non-hydrogen) atoms. The van der Waals surface area contributed by atoms with Gasteiger partial charge in [-0.1, -0.05) is 13.0 Å². The summed E-state index contributed by atoms with van der Waals surface area (Å²) in [5.41, 5.74) is 1.98. The van der Waals surface area contributed by atoms with E-state index in [1.54, 1.807) is 27.4 Å². The highest BCUT2D eigenvalue weighted by Gasteiger charge is 2.17. The zero-order valence-corrected chi connectivity index (χ0v) is 21.0. The van der Waals surface area contributed by atoms with Crippen LogP contribution in [0.4, 0.5) is 5.95 Å². The lowest BCUT2D eigenvalue weighted by Crippen LogP contribution is -2.24. The molecule has 0 radical (unpaired) electrons. The first kappa shape index (κ1) is 25.2. The lowest BCUT2D eigenvalue weighted by Gasteiger charge is -2.20. The molecule has 184 valence electrons. The number of fused-ring (bicyclic) bond motifs is 1. The number of H-pyrrole nitrogens is 1. The van der Waals surface area contributed by atoms with Gasteiger partial charge in [0.2, 0.25) is 5.95 Å². The molecule has 3 rings (SSSR count). The van der Waals surface area contributed by atoms with Crippen LogP contribution in [-0.4, -0.2) is 70.0 Å². The van der Waals surface area contributed by atoms with Crippen LogP contribution in [0.2, 0.25) is 0 Å². The number of nitrogens with zero attached hydrogens (tertiary/aromatic N) is 3. The largest absolute Gasteiger partial charge is 0.493 e. The molecule has 0 aliphatic heterocycles. The number of aromatic amines is 1. The topological polar surface area (TPSA) is 89.1 Å². The Bertz CT molecular complexity index is 1190. The van der Waals surface area contributed by atoms with Crippen LogP contribution in [0.25, 0.3) is 10.9 Å². The predicted molar refractivity (Wildman–Crippen MR) is 134 cm³/mol. The van der Waals surface area contributed by atoms with Gasteiger partial charge in [0.15, 0.2) is 23.0 Å². The summed E-state index contributed by atoms with van der Waals surface area (Å²) in [6, 6.07) is 7.55. The van der Waals surface area contributed by atoms with E-state index < -0.39 is 0 Å². The summed E-state index contributed by atoms with van der Waals surface area (Å²) in [7, 11) is 8.66. The number of ether oxygens (including phenoxy) is 4. The van der Waals surface area contributed by atoms with Crippen molar-refractivity contribution in [1.82, 2.24) is 14.9 Å². The van der Waals surface area contributed by atoms with Gasteiger partial charge in [-0.05, 0) is 38.2 Å². The van der Waals surface area contributed by atoms with Gasteiger partial charge in [0.25, 0.3) is 5.56 Å². The van der Waals surface area contributed by atoms with Crippen LogP contribution in [-0.2, 0) is 6.54 Å². The molecular weight excluding hydrogens is 436 g/mol. The van der Waals surface area contributed by atoms with Crippen molar-refractivity contribution in [2.75, 3.05) is 60.0 Å². The van der Waals surface area contributed by atoms with E-state index >= 15 is 0 Å². The summed E-state index contributed by atoms with van der Waals surface area (Å²) in [4.78, 5) is 24.5. The van der Waals surface area contributed by atoms with Gasteiger partial charge in [0, 0.05) is 31.8 Å². The molecule has 0 saturated carbocycles. The summed E-state index contributed by atoms with van der Waals surface area (Å²) >= 11 is 0. The van der Waals surface area contributed by atoms with Crippen molar-refractivity contribution in [3.05, 3.63) is 45.7 Å². The van der Waals surface area contributed by atoms with Crippen LogP contribution < -0.4 is 29.4 Å². The SMILES string of the molecule is CCN(C)CCOc1ccc(CN(C)c2nc3cc(OC)c(OC)c(C)c3c(=O)[nH]2)cc1OC. The minimum atomic E-state index is -0.233. The number of rotatable bonds is 11. The molecule has 0 fully saturated rings. The van der Waals surface area contributed by atoms with Crippen LogP contribution in [0.3, 0.4) is 0 Å². The third-order valence-electron chi connectivity index (χ3n) is 5.85. The highest BCUT2D eigenvalue weighted by Crippen LogP contribution is 2.35. The van der Waals surface area contributed by atoms with Gasteiger partial charge in [-0.15, -0.1) is 0 Å². The molecule has 0 amide bonds. The minimum absolute atomic E-state index is 0.233. The maximum absolute atomic E-state index is 12.9. The number of benzene rings is 2. The molecule has 1 heterocycles. The fourth-order valence-electron chi connectivity index (χ4n) is 3.77. The van der Waals surface area contributed by atoms with E-state index in [0.29, 0.717) is 58.6 Å². The van der Waals surface area contributed by atoms with Crippen LogP contribution >= 0.6 is 0 Å². The van der Waals surface area contributed by atoms with Crippen molar-refractivity contribution in [3.8, 4) is 23.0 Å². The number of anilines is 1. The predicted octanol–water partition coefficient (Wildman–Crippen LogP) is 3.22. The van der Waals surface area contributed by atoms with Gasteiger partial charge in [-0.2, -0.15) is 0 Å². The number of methoxy groups -OCH3 is 3. The molecule has 3 aromatic rings. The number of hydrogen-bond acceptors (Lipinski definition) is 8. The smallest absolute Gasteiger partial charge is 0.260 e. The fraction of sp³-hybridized carbons (Fsp3) is 0.440. The third kappa shape index (κ3) is 5.36. The summed E-state index contributed by atoms with van der Waals surface area (Å²) < 4.78 is 22.3. The maximum atomic E-state index is 12.9. The molecule has 0 spiro atoms. The van der Waals surface area contributed by atoms with Gasteiger partial charge < -0.3 is 28.7 Å². The molecule has 0 unspecified atom stereocenters. The standard InChI is InChI=1S/C25H34N4O5/c1-8-28(3)11-12-34-19-10-9-17(13-20(19)31-5)15-29(4)25-26-18-14-21(32-6)23(33-7)16(2)22(18)24(30)27-25/h9-10,13-14H,8,11-12,15H2,1-7H3,(H,26,27,30). The number of likely N-dealkylation sites (N-methyl/N-ethyl adjacent to an activating group) is 1. The van der Waals surface area contributed by atoms with Crippen molar-refractivity contribution >= 4 is 16.9 Å². The van der Waals surface area contributed by atoms with Crippen LogP contribution in [0.5, 0.6) is 23.0 Å². The second-order valence-corrected chi connectivity index (χ2v) is 8.11. The van der Waals surface area contributed by atoms with Gasteiger partial charge in [0.05, 0.1) is 32.2 Å². The Morgan fingerprint density at radius 1 is 1.00 bits per heavy atom. The van der Waals surface area contributed by atoms with Crippen LogP contribution in [0.1, 0.15) is 18.1 Å². The minimum Gasteiger partial charge on any atom is -0.493 e. The van der Waals surface area contributed by atoms with Gasteiger partial charge >= 0.3 is 0 Å². The molecule has 0 aliphatic carbocycles. The molecule has 1 aromatic heterocycles. The molecule has 9 heteroatoms. The second-order valence-electron chi connectivity index (χ2n) is 8.11. The Balaban J connectivity index is 1.84. The first-order valence-electron chi connectivity index (χ1n) is 11.2. The quantitative estimate of drug-likeness (QED) is 0.457. The Morgan fingerprint density at radius 2 is 1.74 bits per heavy atom. The van der Waals surface area contributed by atoms with Gasteiger partial charge in [-0.3, -0.25) is 9.78 Å². The summed E-state index contributed by atoms with van der Waals surface area (Å²) in [6.45, 7) is 6.82. The second kappa shape index (κ2) is 11.1. The van der Waals surface area contributed by atoms with Crippen LogP contribution in [0.15, 0.2) is 29.1 Å². The first-order chi connectivity index (χ1) is 16.3. The summed E-state index contributed by atoms with van der Waals surface area (Å²) in [5.74, 6) is 2.87. The number of aromatic nitrogens is 2. The molecule has 0 bridgehead atoms. The van der Waals surface area contributed by atoms with E-state index in [1.165, 1.54) is 0 Å². The Labute approximate surface area is 200 Å². The van der Waals surface area contributed by atoms with E-state index in [1.807, 2.05) is 37.1 Å². The monoisotopic (exact) mass is 470 g/mol. The Kier molecular flexibility index (Phi) is 8.22. The van der Waals surface area contributed by atoms with Gasteiger partial charge in [-0.25, -0.2) is 4.98 Å². The zero-order chi connectivity index (χ0) is 24.8. The highest BCUT2D eigenvalue weighted by molar-refractivity contribution is 5.86. The normalized spacial score (nSPS) is 11.1. The lowest BCUT2D eigenvalue weighted by molar-refractivity contribution is 0.235. The number of nitrogens with one attached hydrogen (secondary N) is 1. The Morgan fingerprint density at radius 3 is 2.38 bits per heavy atom. The van der Waals surface area contributed by atoms with E-state index in [4.69, 9.17) is 18.9 Å². The van der Waals surface area contributed by atoms with E-state index in [9.17, 15) is 4.79 Å². The average Bonchev–Trinajstić information content (AvgIpc) is 2.83. The molecule has 0 saturated heterocycles. The lowest BCUT2D eigenvalue weighted by atomic mass is 10.1. The summed E-state index contributed by atoms with van der Waals surface area (Å²) in [5, 5.41) is 0.478. The molecule has 1 N–H and O–H groups in total. The van der Waals surface area contributed by atoms with Crippen molar-refractivity contribution in [1.29, 1.82) is 0 Å². The fourth-order valence-corrected chi connectivity index (χ4v) is 3.77. The number of aryl methyl sites for hydroxylation is 1. The molecule has 9 nitrogen and oxygen atoms in total. The molecule has 0 atom stereocenters. The average molecular weight is 471 g/mol. The van der Waals surface area contributed by atoms with E-state index in [0.717, 1.165) is 18.7 Å². The van der Waals surface area contributed by atoms with Crippen LogP contribution in [0, 0.1) is 6.92 Å². The number of hydrogen-bond donors (Lipinski definition) is 1. The molecule has 2 aromatic carbocycles. The van der Waals surface area contributed by atoms with E-state index in [-0.39, 0.29) is 5.56 Å².